The standard InChI is InChI=1S/C65H83N3O14/c1-12-65(11,61(74)79-40-22-39-76-54-31-27-51(28-32-54)67-68-52-43-49(58(71)81-62(3,4)5)42-50(44-52)59(72)82-63(6,7)8)45-64(9,10)60(73)78-37-20-18-16-14-13-15-17-19-36-75-53-29-25-48(26-30-53)57(70)80-55-33-23-47(41-46(55)2)24-34-56(69)77-38-21-35-66/h23-34,41-44H,12-22,36-40,45H2,1-11H3/b34-24+,68-67?. The molecule has 17 nitrogen and oxygen atoms in total. The molecule has 0 aliphatic heterocycles. The van der Waals surface area contributed by atoms with E-state index in [-0.39, 0.29) is 61.4 Å². The number of benzene rings is 4. The number of esters is 6. The van der Waals surface area contributed by atoms with Crippen molar-refractivity contribution in [1.82, 2.24) is 0 Å². The summed E-state index contributed by atoms with van der Waals surface area (Å²) in [5, 5.41) is 17.1. The van der Waals surface area contributed by atoms with Crippen LogP contribution in [-0.4, -0.2) is 80.1 Å². The lowest BCUT2D eigenvalue weighted by molar-refractivity contribution is -0.163. The summed E-state index contributed by atoms with van der Waals surface area (Å²) >= 11 is 0. The average Bonchev–Trinajstić information content (AvgIpc) is 3.44. The van der Waals surface area contributed by atoms with Crippen molar-refractivity contribution in [2.75, 3.05) is 33.0 Å². The highest BCUT2D eigenvalue weighted by Crippen LogP contribution is 2.39. The fourth-order valence-electron chi connectivity index (χ4n) is 8.24. The van der Waals surface area contributed by atoms with Crippen LogP contribution < -0.4 is 14.2 Å². The molecule has 4 rings (SSSR count). The van der Waals surface area contributed by atoms with Gasteiger partial charge < -0.3 is 37.9 Å². The predicted molar refractivity (Wildman–Crippen MR) is 311 cm³/mol. The largest absolute Gasteiger partial charge is 0.494 e. The van der Waals surface area contributed by atoms with Crippen molar-refractivity contribution in [2.45, 2.75) is 164 Å². The zero-order valence-electron chi connectivity index (χ0n) is 49.8. The molecule has 0 saturated carbocycles. The molecule has 0 amide bonds. The number of nitrogens with zero attached hydrogens (tertiary/aromatic N) is 3. The molecule has 0 fully saturated rings. The van der Waals surface area contributed by atoms with Crippen LogP contribution in [0.15, 0.2) is 101 Å². The zero-order chi connectivity index (χ0) is 60.4. The number of aryl methyl sites for hydroxylation is 1. The van der Waals surface area contributed by atoms with E-state index < -0.39 is 45.9 Å². The van der Waals surface area contributed by atoms with E-state index in [1.807, 2.05) is 19.9 Å². The van der Waals surface area contributed by atoms with Crippen LogP contribution in [0.4, 0.5) is 11.4 Å². The summed E-state index contributed by atoms with van der Waals surface area (Å²) in [5.74, 6) is -1.32. The molecule has 1 atom stereocenters. The Kier molecular flexibility index (Phi) is 26.4. The number of hydrogen-bond acceptors (Lipinski definition) is 17. The summed E-state index contributed by atoms with van der Waals surface area (Å²) < 4.78 is 44.8. The Morgan fingerprint density at radius 3 is 1.60 bits per heavy atom. The van der Waals surface area contributed by atoms with Crippen molar-refractivity contribution in [1.29, 1.82) is 5.26 Å². The molecule has 0 aliphatic carbocycles. The first-order chi connectivity index (χ1) is 38.8. The third-order valence-corrected chi connectivity index (χ3v) is 12.7. The number of carbonyl (C=O) groups excluding carboxylic acids is 6. The minimum absolute atomic E-state index is 0.0389. The van der Waals surface area contributed by atoms with Crippen LogP contribution in [0.25, 0.3) is 6.08 Å². The Balaban J connectivity index is 1.06. The quantitative estimate of drug-likeness (QED) is 0.0111. The van der Waals surface area contributed by atoms with Crippen molar-refractivity contribution in [3.63, 3.8) is 0 Å². The maximum Gasteiger partial charge on any atom is 0.343 e. The highest BCUT2D eigenvalue weighted by atomic mass is 16.6. The van der Waals surface area contributed by atoms with Crippen molar-refractivity contribution < 1.29 is 66.7 Å². The van der Waals surface area contributed by atoms with Gasteiger partial charge in [0.2, 0.25) is 0 Å². The third-order valence-electron chi connectivity index (χ3n) is 12.7. The van der Waals surface area contributed by atoms with Gasteiger partial charge in [0.25, 0.3) is 0 Å². The van der Waals surface area contributed by atoms with Crippen LogP contribution in [0.1, 0.15) is 188 Å². The van der Waals surface area contributed by atoms with Crippen molar-refractivity contribution in [2.24, 2.45) is 21.1 Å². The first-order valence-electron chi connectivity index (χ1n) is 28.2. The molecule has 0 radical (unpaired) electrons. The Bertz CT molecular complexity index is 2810. The smallest absolute Gasteiger partial charge is 0.343 e. The fraction of sp³-hybridized carbons (Fsp3) is 0.492. The third kappa shape index (κ3) is 24.5. The fourth-order valence-corrected chi connectivity index (χ4v) is 8.24. The summed E-state index contributed by atoms with van der Waals surface area (Å²) in [6.07, 6.45) is 12.2. The molecule has 0 heterocycles. The molecule has 0 aliphatic rings. The molecule has 0 N–H and O–H groups in total. The van der Waals surface area contributed by atoms with Crippen LogP contribution in [0, 0.1) is 29.1 Å². The summed E-state index contributed by atoms with van der Waals surface area (Å²) in [7, 11) is 0. The summed E-state index contributed by atoms with van der Waals surface area (Å²) in [5.41, 5.74) is -0.410. The maximum absolute atomic E-state index is 13.4. The minimum Gasteiger partial charge on any atom is -0.494 e. The van der Waals surface area contributed by atoms with Crippen LogP contribution >= 0.6 is 0 Å². The molecule has 4 aromatic rings. The molecule has 4 aromatic carbocycles. The Hall–Kier alpha value is -7.87. The molecule has 0 bridgehead atoms. The maximum atomic E-state index is 13.4. The molecule has 0 spiro atoms. The van der Waals surface area contributed by atoms with E-state index in [0.717, 1.165) is 62.5 Å². The van der Waals surface area contributed by atoms with E-state index in [9.17, 15) is 28.8 Å². The summed E-state index contributed by atoms with van der Waals surface area (Å²) in [6.45, 7) is 21.0. The first-order valence-corrected chi connectivity index (χ1v) is 28.2. The monoisotopic (exact) mass is 1130 g/mol. The Morgan fingerprint density at radius 2 is 1.05 bits per heavy atom. The lowest BCUT2D eigenvalue weighted by Crippen LogP contribution is -2.39. The van der Waals surface area contributed by atoms with Gasteiger partial charge in [-0.3, -0.25) is 9.59 Å². The number of azo groups is 1. The van der Waals surface area contributed by atoms with Gasteiger partial charge in [0.1, 0.15) is 35.1 Å². The second kappa shape index (κ2) is 32.5. The van der Waals surface area contributed by atoms with Gasteiger partial charge in [-0.05, 0) is 191 Å². The van der Waals surface area contributed by atoms with Gasteiger partial charge in [-0.15, -0.1) is 0 Å². The second-order valence-corrected chi connectivity index (χ2v) is 22.9. The molecule has 17 heteroatoms. The number of hydrogen-bond donors (Lipinski definition) is 0. The molecule has 1 unspecified atom stereocenters. The predicted octanol–water partition coefficient (Wildman–Crippen LogP) is 14.9. The Morgan fingerprint density at radius 1 is 0.537 bits per heavy atom. The van der Waals surface area contributed by atoms with E-state index in [1.165, 1.54) is 24.3 Å². The van der Waals surface area contributed by atoms with Crippen LogP contribution in [-0.2, 0) is 38.1 Å². The minimum atomic E-state index is -0.899. The van der Waals surface area contributed by atoms with Crippen LogP contribution in [0.2, 0.25) is 0 Å². The molecule has 0 aromatic heterocycles. The van der Waals surface area contributed by atoms with Gasteiger partial charge >= 0.3 is 35.8 Å². The van der Waals surface area contributed by atoms with Crippen molar-refractivity contribution in [3.05, 3.63) is 119 Å². The van der Waals surface area contributed by atoms with Crippen LogP contribution in [0.5, 0.6) is 17.2 Å². The molecule has 82 heavy (non-hydrogen) atoms. The number of rotatable bonds is 32. The zero-order valence-corrected chi connectivity index (χ0v) is 49.8. The Labute approximate surface area is 484 Å². The van der Waals surface area contributed by atoms with E-state index in [2.05, 4.69) is 10.2 Å². The van der Waals surface area contributed by atoms with Crippen molar-refractivity contribution >= 4 is 53.3 Å². The summed E-state index contributed by atoms with van der Waals surface area (Å²) in [6, 6.07) is 25.2. The number of carbonyl (C=O) groups is 6. The van der Waals surface area contributed by atoms with Gasteiger partial charge in [-0.1, -0.05) is 51.5 Å². The SMILES string of the molecule is CCC(C)(CC(C)(C)C(=O)OCCCCCCCCCCOc1ccc(C(=O)Oc2ccc(/C=C/C(=O)OCCC#N)cc2C)cc1)C(=O)OCCCOc1ccc(N=Nc2cc(C(=O)OC(C)(C)C)cc(C(=O)OC(C)(C)C)c2)cc1. The van der Waals surface area contributed by atoms with Gasteiger partial charge in [0, 0.05) is 12.5 Å². The lowest BCUT2D eigenvalue weighted by atomic mass is 9.72. The van der Waals surface area contributed by atoms with Gasteiger partial charge in [-0.2, -0.15) is 15.5 Å². The second-order valence-electron chi connectivity index (χ2n) is 22.9. The first kappa shape index (κ1) is 66.6. The number of unbranched alkanes of at least 4 members (excludes halogenated alkanes) is 7. The normalized spacial score (nSPS) is 12.5. The van der Waals surface area contributed by atoms with E-state index in [0.29, 0.717) is 54.6 Å². The molecular weight excluding hydrogens is 1050 g/mol. The average molecular weight is 1130 g/mol. The molecule has 0 saturated heterocycles. The highest BCUT2D eigenvalue weighted by Gasteiger charge is 2.43. The van der Waals surface area contributed by atoms with E-state index in [4.69, 9.17) is 43.2 Å². The van der Waals surface area contributed by atoms with Crippen molar-refractivity contribution in [3.8, 4) is 23.3 Å². The topological polar surface area (TPSA) is 225 Å². The highest BCUT2D eigenvalue weighted by molar-refractivity contribution is 5.97. The van der Waals surface area contributed by atoms with Gasteiger partial charge in [0.15, 0.2) is 0 Å². The van der Waals surface area contributed by atoms with E-state index >= 15 is 0 Å². The number of ether oxygens (including phenoxy) is 8. The van der Waals surface area contributed by atoms with Gasteiger partial charge in [0.05, 0.1) is 77.8 Å². The van der Waals surface area contributed by atoms with E-state index in [1.54, 1.807) is 135 Å². The molecule has 442 valence electrons. The van der Waals surface area contributed by atoms with Crippen LogP contribution in [0.3, 0.4) is 0 Å². The lowest BCUT2D eigenvalue weighted by Gasteiger charge is -2.33. The molecular formula is C65H83N3O14. The number of nitriles is 1. The van der Waals surface area contributed by atoms with Gasteiger partial charge in [-0.25, -0.2) is 19.2 Å². The summed E-state index contributed by atoms with van der Waals surface area (Å²) in [4.78, 5) is 77.1.